The average Bonchev–Trinajstić information content (AvgIpc) is 2.50. The molecule has 50 valence electrons. The lowest BCUT2D eigenvalue weighted by Crippen LogP contribution is -1.97. The number of ether oxygens (including phenoxy) is 1. The average molecular weight is 124 g/mol. The standard InChI is InChI=1S/C8H12O/c1-3-4-5-6-8(2)7-9-8/h3-4,7H2,1-2H3. The fourth-order valence-corrected chi connectivity index (χ4v) is 0.555. The van der Waals surface area contributed by atoms with Gasteiger partial charge in [0.1, 0.15) is 5.60 Å². The van der Waals surface area contributed by atoms with Crippen LogP contribution in [0.2, 0.25) is 0 Å². The summed E-state index contributed by atoms with van der Waals surface area (Å²) in [4.78, 5) is 0. The largest absolute Gasteiger partial charge is 0.356 e. The van der Waals surface area contributed by atoms with Gasteiger partial charge in [0.15, 0.2) is 0 Å². The van der Waals surface area contributed by atoms with Gasteiger partial charge in [0, 0.05) is 6.42 Å². The van der Waals surface area contributed by atoms with Crippen molar-refractivity contribution in [3.05, 3.63) is 0 Å². The van der Waals surface area contributed by atoms with Gasteiger partial charge in [-0.05, 0) is 13.3 Å². The molecule has 1 heteroatoms. The summed E-state index contributed by atoms with van der Waals surface area (Å²) in [6.45, 7) is 4.98. The molecular weight excluding hydrogens is 112 g/mol. The summed E-state index contributed by atoms with van der Waals surface area (Å²) >= 11 is 0. The van der Waals surface area contributed by atoms with Crippen molar-refractivity contribution in [2.45, 2.75) is 32.3 Å². The van der Waals surface area contributed by atoms with Gasteiger partial charge in [0.25, 0.3) is 0 Å². The zero-order valence-corrected chi connectivity index (χ0v) is 6.03. The molecule has 1 unspecified atom stereocenters. The SMILES string of the molecule is CCCC#CC1(C)CO1. The van der Waals surface area contributed by atoms with Crippen molar-refractivity contribution >= 4 is 0 Å². The number of epoxide rings is 1. The van der Waals surface area contributed by atoms with Crippen molar-refractivity contribution in [1.82, 2.24) is 0 Å². The number of hydrogen-bond donors (Lipinski definition) is 0. The Morgan fingerprint density at radius 3 is 2.78 bits per heavy atom. The molecule has 1 atom stereocenters. The molecule has 0 aromatic rings. The lowest BCUT2D eigenvalue weighted by Gasteiger charge is -1.86. The van der Waals surface area contributed by atoms with Gasteiger partial charge in [-0.15, -0.1) is 5.92 Å². The third-order valence-corrected chi connectivity index (χ3v) is 1.31. The maximum atomic E-state index is 5.07. The van der Waals surface area contributed by atoms with Crippen molar-refractivity contribution in [2.24, 2.45) is 0 Å². The van der Waals surface area contributed by atoms with Crippen LogP contribution in [0.4, 0.5) is 0 Å². The second-order valence-electron chi connectivity index (χ2n) is 2.57. The smallest absolute Gasteiger partial charge is 0.149 e. The Morgan fingerprint density at radius 2 is 2.33 bits per heavy atom. The Bertz CT molecular complexity index is 146. The van der Waals surface area contributed by atoms with Crippen LogP contribution in [-0.4, -0.2) is 12.2 Å². The zero-order chi connectivity index (χ0) is 6.74. The van der Waals surface area contributed by atoms with Crippen LogP contribution in [0.3, 0.4) is 0 Å². The lowest BCUT2D eigenvalue weighted by atomic mass is 10.2. The van der Waals surface area contributed by atoms with Crippen LogP contribution in [-0.2, 0) is 4.74 Å². The van der Waals surface area contributed by atoms with E-state index in [1.165, 1.54) is 0 Å². The van der Waals surface area contributed by atoms with E-state index in [1.54, 1.807) is 0 Å². The summed E-state index contributed by atoms with van der Waals surface area (Å²) in [5, 5.41) is 0. The van der Waals surface area contributed by atoms with Crippen LogP contribution in [0.5, 0.6) is 0 Å². The van der Waals surface area contributed by atoms with E-state index in [-0.39, 0.29) is 5.60 Å². The maximum absolute atomic E-state index is 5.07. The second kappa shape index (κ2) is 2.41. The molecular formula is C8H12O. The first-order chi connectivity index (χ1) is 4.27. The first-order valence-corrected chi connectivity index (χ1v) is 3.41. The number of hydrogen-bond acceptors (Lipinski definition) is 1. The van der Waals surface area contributed by atoms with E-state index in [0.717, 1.165) is 19.4 Å². The molecule has 1 fully saturated rings. The van der Waals surface area contributed by atoms with E-state index < -0.39 is 0 Å². The Hall–Kier alpha value is -0.480. The summed E-state index contributed by atoms with van der Waals surface area (Å²) in [6.07, 6.45) is 2.14. The minimum atomic E-state index is -0.0603. The molecule has 0 aromatic heterocycles. The van der Waals surface area contributed by atoms with Crippen LogP contribution in [0.15, 0.2) is 0 Å². The topological polar surface area (TPSA) is 12.5 Å². The molecule has 1 saturated heterocycles. The summed E-state index contributed by atoms with van der Waals surface area (Å²) in [5.74, 6) is 6.12. The molecule has 1 aliphatic rings. The van der Waals surface area contributed by atoms with Gasteiger partial charge in [-0.25, -0.2) is 0 Å². The van der Waals surface area contributed by atoms with E-state index in [0.29, 0.717) is 0 Å². The van der Waals surface area contributed by atoms with Crippen LogP contribution < -0.4 is 0 Å². The maximum Gasteiger partial charge on any atom is 0.149 e. The predicted octanol–water partition coefficient (Wildman–Crippen LogP) is 1.58. The van der Waals surface area contributed by atoms with Crippen molar-refractivity contribution in [1.29, 1.82) is 0 Å². The highest BCUT2D eigenvalue weighted by atomic mass is 16.6. The molecule has 0 amide bonds. The molecule has 0 N–H and O–H groups in total. The minimum absolute atomic E-state index is 0.0603. The highest BCUT2D eigenvalue weighted by Crippen LogP contribution is 2.24. The summed E-state index contributed by atoms with van der Waals surface area (Å²) in [7, 11) is 0. The predicted molar refractivity (Wildman–Crippen MR) is 37.0 cm³/mol. The quantitative estimate of drug-likeness (QED) is 0.382. The van der Waals surface area contributed by atoms with Gasteiger partial charge in [0.05, 0.1) is 6.61 Å². The lowest BCUT2D eigenvalue weighted by molar-refractivity contribution is 0.377. The minimum Gasteiger partial charge on any atom is -0.356 e. The van der Waals surface area contributed by atoms with E-state index in [2.05, 4.69) is 18.8 Å². The van der Waals surface area contributed by atoms with E-state index in [1.807, 2.05) is 6.92 Å². The second-order valence-corrected chi connectivity index (χ2v) is 2.57. The van der Waals surface area contributed by atoms with E-state index >= 15 is 0 Å². The van der Waals surface area contributed by atoms with Crippen molar-refractivity contribution < 1.29 is 4.74 Å². The van der Waals surface area contributed by atoms with Gasteiger partial charge in [-0.1, -0.05) is 12.8 Å². The highest BCUT2D eigenvalue weighted by molar-refractivity contribution is 5.18. The number of unbranched alkanes of at least 4 members (excludes halogenated alkanes) is 1. The van der Waals surface area contributed by atoms with Crippen molar-refractivity contribution in [3.63, 3.8) is 0 Å². The first kappa shape index (κ1) is 6.64. The fourth-order valence-electron chi connectivity index (χ4n) is 0.555. The van der Waals surface area contributed by atoms with Gasteiger partial charge >= 0.3 is 0 Å². The summed E-state index contributed by atoms with van der Waals surface area (Å²) < 4.78 is 5.07. The van der Waals surface area contributed by atoms with Gasteiger partial charge in [-0.3, -0.25) is 0 Å². The molecule has 0 saturated carbocycles. The first-order valence-electron chi connectivity index (χ1n) is 3.41. The molecule has 1 heterocycles. The zero-order valence-electron chi connectivity index (χ0n) is 6.03. The molecule has 0 spiro atoms. The van der Waals surface area contributed by atoms with E-state index in [4.69, 9.17) is 4.74 Å². The number of rotatable bonds is 1. The van der Waals surface area contributed by atoms with Crippen LogP contribution in [0, 0.1) is 11.8 Å². The Labute approximate surface area is 56.4 Å². The molecule has 0 radical (unpaired) electrons. The Morgan fingerprint density at radius 1 is 1.67 bits per heavy atom. The van der Waals surface area contributed by atoms with Crippen LogP contribution >= 0.6 is 0 Å². The molecule has 0 aromatic carbocycles. The van der Waals surface area contributed by atoms with Gasteiger partial charge in [-0.2, -0.15) is 0 Å². The van der Waals surface area contributed by atoms with E-state index in [9.17, 15) is 0 Å². The van der Waals surface area contributed by atoms with Crippen LogP contribution in [0.25, 0.3) is 0 Å². The summed E-state index contributed by atoms with van der Waals surface area (Å²) in [6, 6.07) is 0. The fraction of sp³-hybridized carbons (Fsp3) is 0.750. The normalized spacial score (nSPS) is 30.9. The van der Waals surface area contributed by atoms with Crippen molar-refractivity contribution in [3.8, 4) is 11.8 Å². The molecule has 1 nitrogen and oxygen atoms in total. The Balaban J connectivity index is 2.24. The Kier molecular flexibility index (Phi) is 1.78. The third kappa shape index (κ3) is 2.07. The van der Waals surface area contributed by atoms with Gasteiger partial charge < -0.3 is 4.74 Å². The summed E-state index contributed by atoms with van der Waals surface area (Å²) in [5.41, 5.74) is -0.0603. The molecule has 0 aliphatic carbocycles. The van der Waals surface area contributed by atoms with Crippen LogP contribution in [0.1, 0.15) is 26.7 Å². The molecule has 1 aliphatic heterocycles. The van der Waals surface area contributed by atoms with Gasteiger partial charge in [0.2, 0.25) is 0 Å². The van der Waals surface area contributed by atoms with Crippen molar-refractivity contribution in [2.75, 3.05) is 6.61 Å². The molecule has 0 bridgehead atoms. The monoisotopic (exact) mass is 124 g/mol. The highest BCUT2D eigenvalue weighted by Gasteiger charge is 2.36. The molecule has 1 rings (SSSR count). The third-order valence-electron chi connectivity index (χ3n) is 1.31. The molecule has 9 heavy (non-hydrogen) atoms.